The van der Waals surface area contributed by atoms with E-state index in [0.717, 1.165) is 22.7 Å². The summed E-state index contributed by atoms with van der Waals surface area (Å²) in [5.41, 5.74) is 5.78. The van der Waals surface area contributed by atoms with E-state index < -0.39 is 0 Å². The van der Waals surface area contributed by atoms with E-state index >= 15 is 0 Å². The summed E-state index contributed by atoms with van der Waals surface area (Å²) in [6.07, 6.45) is 4.84. The fourth-order valence-corrected chi connectivity index (χ4v) is 3.32. The molecule has 0 unspecified atom stereocenters. The molecule has 2 amide bonds. The Morgan fingerprint density at radius 3 is 1.90 bits per heavy atom. The second-order valence-electron chi connectivity index (χ2n) is 8.46. The number of ketones is 1. The number of ether oxygens (including phenoxy) is 2. The zero-order valence-electron chi connectivity index (χ0n) is 24.2. The highest BCUT2D eigenvalue weighted by Crippen LogP contribution is 2.32. The Hall–Kier alpha value is -4.68. The molecular formula is C28H39N7O5. The van der Waals surface area contributed by atoms with Crippen LogP contribution in [0.4, 0.5) is 11.4 Å². The van der Waals surface area contributed by atoms with E-state index in [1.54, 1.807) is 60.4 Å². The summed E-state index contributed by atoms with van der Waals surface area (Å²) in [5, 5.41) is 9.52. The monoisotopic (exact) mass is 553 g/mol. The van der Waals surface area contributed by atoms with Gasteiger partial charge in [-0.1, -0.05) is 0 Å². The van der Waals surface area contributed by atoms with E-state index in [0.29, 0.717) is 17.0 Å². The van der Waals surface area contributed by atoms with Crippen LogP contribution < -0.4 is 31.4 Å². The Kier molecular flexibility index (Phi) is 14.2. The SMILES string of the molecule is CNN.COc1ccc(NC(C)=O)cc1-c1ccnn1C.COc1ccc(NC(C)=O)cc1C(=O)/C=C/N(C)C. The van der Waals surface area contributed by atoms with Gasteiger partial charge >= 0.3 is 0 Å². The van der Waals surface area contributed by atoms with Crippen LogP contribution in [0.3, 0.4) is 0 Å². The normalized spacial score (nSPS) is 9.93. The van der Waals surface area contributed by atoms with Crippen molar-refractivity contribution in [2.24, 2.45) is 12.9 Å². The van der Waals surface area contributed by atoms with Gasteiger partial charge in [0.25, 0.3) is 0 Å². The van der Waals surface area contributed by atoms with Crippen molar-refractivity contribution >= 4 is 29.0 Å². The van der Waals surface area contributed by atoms with Crippen molar-refractivity contribution in [3.05, 3.63) is 66.5 Å². The number of aryl methyl sites for hydroxylation is 1. The number of hydrogen-bond donors (Lipinski definition) is 4. The van der Waals surface area contributed by atoms with Gasteiger partial charge in [-0.15, -0.1) is 0 Å². The van der Waals surface area contributed by atoms with Crippen LogP contribution in [0.1, 0.15) is 24.2 Å². The highest BCUT2D eigenvalue weighted by Gasteiger charge is 2.12. The lowest BCUT2D eigenvalue weighted by molar-refractivity contribution is -0.115. The van der Waals surface area contributed by atoms with Crippen molar-refractivity contribution in [2.75, 3.05) is 46.0 Å². The number of nitrogens with zero attached hydrogens (tertiary/aromatic N) is 3. The molecule has 0 fully saturated rings. The van der Waals surface area contributed by atoms with Crippen molar-refractivity contribution in [3.63, 3.8) is 0 Å². The summed E-state index contributed by atoms with van der Waals surface area (Å²) in [6.45, 7) is 2.89. The smallest absolute Gasteiger partial charge is 0.221 e. The first kappa shape index (κ1) is 33.3. The van der Waals surface area contributed by atoms with E-state index in [9.17, 15) is 14.4 Å². The molecule has 0 saturated carbocycles. The Morgan fingerprint density at radius 1 is 0.925 bits per heavy atom. The third-order valence-corrected chi connectivity index (χ3v) is 4.93. The molecule has 5 N–H and O–H groups in total. The van der Waals surface area contributed by atoms with E-state index in [2.05, 4.69) is 27.0 Å². The van der Waals surface area contributed by atoms with Crippen molar-refractivity contribution in [1.82, 2.24) is 20.1 Å². The van der Waals surface area contributed by atoms with Crippen molar-refractivity contribution < 1.29 is 23.9 Å². The van der Waals surface area contributed by atoms with Gasteiger partial charge in [-0.25, -0.2) is 0 Å². The van der Waals surface area contributed by atoms with Gasteiger partial charge in [-0.3, -0.25) is 30.3 Å². The van der Waals surface area contributed by atoms with Gasteiger partial charge in [0.2, 0.25) is 11.8 Å². The first-order valence-corrected chi connectivity index (χ1v) is 12.1. The molecule has 0 aliphatic rings. The maximum absolute atomic E-state index is 12.1. The van der Waals surface area contributed by atoms with Gasteiger partial charge in [-0.05, 0) is 49.5 Å². The predicted molar refractivity (Wildman–Crippen MR) is 157 cm³/mol. The number of anilines is 2. The average Bonchev–Trinajstić information content (AvgIpc) is 3.33. The molecule has 0 aliphatic heterocycles. The molecule has 3 aromatic rings. The number of rotatable bonds is 8. The number of carbonyl (C=O) groups excluding carboxylic acids is 3. The fourth-order valence-electron chi connectivity index (χ4n) is 3.32. The molecule has 12 heteroatoms. The predicted octanol–water partition coefficient (Wildman–Crippen LogP) is 3.05. The Morgan fingerprint density at radius 2 is 1.45 bits per heavy atom. The third-order valence-electron chi connectivity index (χ3n) is 4.93. The summed E-state index contributed by atoms with van der Waals surface area (Å²) >= 11 is 0. The quantitative estimate of drug-likeness (QED) is 0.143. The summed E-state index contributed by atoms with van der Waals surface area (Å²) in [4.78, 5) is 35.9. The molecular weight excluding hydrogens is 514 g/mol. The van der Waals surface area contributed by atoms with E-state index in [1.807, 2.05) is 39.3 Å². The van der Waals surface area contributed by atoms with Crippen LogP contribution in [0, 0.1) is 0 Å². The number of hydrazine groups is 1. The lowest BCUT2D eigenvalue weighted by Gasteiger charge is -2.11. The molecule has 2 aromatic carbocycles. The van der Waals surface area contributed by atoms with Gasteiger partial charge < -0.3 is 25.0 Å². The van der Waals surface area contributed by atoms with E-state index in [4.69, 9.17) is 9.47 Å². The average molecular weight is 554 g/mol. The number of carbonyl (C=O) groups is 3. The molecule has 3 rings (SSSR count). The van der Waals surface area contributed by atoms with Gasteiger partial charge in [0.1, 0.15) is 11.5 Å². The Balaban J connectivity index is 0.000000364. The van der Waals surface area contributed by atoms with Crippen LogP contribution in [0.2, 0.25) is 0 Å². The van der Waals surface area contributed by atoms with Gasteiger partial charge in [0, 0.05) is 70.4 Å². The van der Waals surface area contributed by atoms with Crippen LogP contribution in [0.25, 0.3) is 11.3 Å². The maximum atomic E-state index is 12.1. The van der Waals surface area contributed by atoms with Crippen LogP contribution >= 0.6 is 0 Å². The zero-order chi connectivity index (χ0) is 30.2. The van der Waals surface area contributed by atoms with Crippen LogP contribution in [-0.4, -0.2) is 67.6 Å². The summed E-state index contributed by atoms with van der Waals surface area (Å²) in [7, 11) is 10.3. The van der Waals surface area contributed by atoms with Gasteiger partial charge in [0.05, 0.1) is 25.5 Å². The molecule has 12 nitrogen and oxygen atoms in total. The minimum atomic E-state index is -0.188. The van der Waals surface area contributed by atoms with E-state index in [1.165, 1.54) is 27.0 Å². The van der Waals surface area contributed by atoms with Crippen LogP contribution in [0.5, 0.6) is 11.5 Å². The number of amides is 2. The van der Waals surface area contributed by atoms with Crippen LogP contribution in [-0.2, 0) is 16.6 Å². The second-order valence-corrected chi connectivity index (χ2v) is 8.46. The number of aromatic nitrogens is 2. The van der Waals surface area contributed by atoms with Crippen molar-refractivity contribution in [3.8, 4) is 22.8 Å². The molecule has 0 aliphatic carbocycles. The molecule has 0 atom stereocenters. The molecule has 1 aromatic heterocycles. The fraction of sp³-hybridized carbons (Fsp3) is 0.286. The number of nitrogens with two attached hydrogens (primary N) is 1. The summed E-state index contributed by atoms with van der Waals surface area (Å²) in [6, 6.07) is 12.3. The topological polar surface area (TPSA) is 153 Å². The third kappa shape index (κ3) is 11.0. The summed E-state index contributed by atoms with van der Waals surface area (Å²) < 4.78 is 12.2. The lowest BCUT2D eigenvalue weighted by Crippen LogP contribution is -2.13. The number of allylic oxidation sites excluding steroid dienone is 1. The van der Waals surface area contributed by atoms with Gasteiger partial charge in [0.15, 0.2) is 5.78 Å². The van der Waals surface area contributed by atoms with E-state index in [-0.39, 0.29) is 17.6 Å². The molecule has 0 spiro atoms. The largest absolute Gasteiger partial charge is 0.496 e. The first-order chi connectivity index (χ1) is 19.0. The minimum absolute atomic E-state index is 0.101. The number of methoxy groups -OCH3 is 2. The molecule has 0 saturated heterocycles. The lowest BCUT2D eigenvalue weighted by atomic mass is 10.1. The molecule has 40 heavy (non-hydrogen) atoms. The highest BCUT2D eigenvalue weighted by molar-refractivity contribution is 6.07. The minimum Gasteiger partial charge on any atom is -0.496 e. The van der Waals surface area contributed by atoms with Gasteiger partial charge in [-0.2, -0.15) is 5.10 Å². The maximum Gasteiger partial charge on any atom is 0.221 e. The molecule has 0 radical (unpaired) electrons. The number of benzene rings is 2. The standard InChI is InChI=1S/C14H18N2O3.C13H15N3O2.CH6N2/c1-10(17)15-11-5-6-14(19-4)12(9-11)13(18)7-8-16(2)3;1-9(17)15-10-4-5-13(18-3)11(8-10)12-6-7-14-16(12)2;1-3-2/h5-9H,1-4H3,(H,15,17);4-8H,1-3H3,(H,15,17);3H,2H2,1H3/b8-7+;;. The summed E-state index contributed by atoms with van der Waals surface area (Å²) in [5.74, 6) is 5.34. The molecule has 216 valence electrons. The molecule has 1 heterocycles. The number of nitrogens with one attached hydrogen (secondary N) is 3. The first-order valence-electron chi connectivity index (χ1n) is 12.1. The highest BCUT2D eigenvalue weighted by atomic mass is 16.5. The second kappa shape index (κ2) is 17.0. The number of hydrogen-bond acceptors (Lipinski definition) is 9. The Labute approximate surface area is 235 Å². The van der Waals surface area contributed by atoms with Crippen LogP contribution in [0.15, 0.2) is 60.9 Å². The van der Waals surface area contributed by atoms with Crippen molar-refractivity contribution in [1.29, 1.82) is 0 Å². The Bertz CT molecular complexity index is 1300. The molecule has 0 bridgehead atoms. The van der Waals surface area contributed by atoms with Crippen molar-refractivity contribution in [2.45, 2.75) is 13.8 Å². The zero-order valence-corrected chi connectivity index (χ0v) is 24.2.